The van der Waals surface area contributed by atoms with Crippen molar-refractivity contribution in [2.75, 3.05) is 18.9 Å². The Hall–Kier alpha value is -0.910. The van der Waals surface area contributed by atoms with Crippen LogP contribution in [-0.4, -0.2) is 36.5 Å². The molecule has 0 aromatic heterocycles. The van der Waals surface area contributed by atoms with Gasteiger partial charge in [-0.1, -0.05) is 15.9 Å². The molecule has 0 radical (unpaired) electrons. The van der Waals surface area contributed by atoms with Gasteiger partial charge in [0, 0.05) is 22.2 Å². The molecular formula is C16H24BrN3O. The number of amides is 1. The zero-order valence-electron chi connectivity index (χ0n) is 12.7. The van der Waals surface area contributed by atoms with Gasteiger partial charge in [0.15, 0.2) is 0 Å². The highest BCUT2D eigenvalue weighted by Gasteiger charge is 2.23. The number of rotatable bonds is 4. The first-order chi connectivity index (χ1) is 9.95. The van der Waals surface area contributed by atoms with Crippen LogP contribution >= 0.6 is 15.9 Å². The van der Waals surface area contributed by atoms with Crippen LogP contribution < -0.4 is 11.1 Å². The number of nitrogens with one attached hydrogen (secondary N) is 1. The Kier molecular flexibility index (Phi) is 5.79. The minimum absolute atomic E-state index is 0.0396. The molecule has 4 nitrogen and oxygen atoms in total. The Morgan fingerprint density at radius 3 is 2.67 bits per heavy atom. The molecule has 1 aliphatic rings. The molecule has 0 heterocycles. The number of carbonyl (C=O) groups is 1. The van der Waals surface area contributed by atoms with Crippen LogP contribution in [0.4, 0.5) is 5.69 Å². The topological polar surface area (TPSA) is 58.4 Å². The van der Waals surface area contributed by atoms with E-state index in [0.29, 0.717) is 18.6 Å². The van der Waals surface area contributed by atoms with E-state index in [1.165, 1.54) is 0 Å². The molecule has 1 fully saturated rings. The summed E-state index contributed by atoms with van der Waals surface area (Å²) in [4.78, 5) is 14.3. The van der Waals surface area contributed by atoms with E-state index in [9.17, 15) is 4.79 Å². The van der Waals surface area contributed by atoms with E-state index in [1.54, 1.807) is 0 Å². The van der Waals surface area contributed by atoms with E-state index in [2.05, 4.69) is 26.1 Å². The zero-order chi connectivity index (χ0) is 15.4. The Labute approximate surface area is 135 Å². The van der Waals surface area contributed by atoms with Crippen LogP contribution in [0.5, 0.6) is 0 Å². The first kappa shape index (κ1) is 16.5. The number of nitrogens with zero attached hydrogens (tertiary/aromatic N) is 1. The van der Waals surface area contributed by atoms with E-state index < -0.39 is 0 Å². The van der Waals surface area contributed by atoms with Gasteiger partial charge in [-0.25, -0.2) is 0 Å². The predicted molar refractivity (Wildman–Crippen MR) is 90.4 cm³/mol. The molecule has 1 aliphatic carbocycles. The van der Waals surface area contributed by atoms with Gasteiger partial charge in [-0.05, 0) is 63.4 Å². The molecule has 1 saturated carbocycles. The van der Waals surface area contributed by atoms with Gasteiger partial charge in [-0.3, -0.25) is 9.69 Å². The average molecular weight is 354 g/mol. The quantitative estimate of drug-likeness (QED) is 0.874. The fourth-order valence-corrected chi connectivity index (χ4v) is 3.33. The molecule has 116 valence electrons. The first-order valence-corrected chi connectivity index (χ1v) is 8.27. The summed E-state index contributed by atoms with van der Waals surface area (Å²) in [7, 11) is 2.02. The Balaban J connectivity index is 1.86. The highest BCUT2D eigenvalue weighted by atomic mass is 79.9. The van der Waals surface area contributed by atoms with Gasteiger partial charge in [-0.2, -0.15) is 0 Å². The van der Waals surface area contributed by atoms with Crippen LogP contribution in [0.3, 0.4) is 0 Å². The summed E-state index contributed by atoms with van der Waals surface area (Å²) < 4.78 is 1.02. The summed E-state index contributed by atoms with van der Waals surface area (Å²) in [5, 5.41) is 2.99. The lowest BCUT2D eigenvalue weighted by atomic mass is 9.91. The minimum Gasteiger partial charge on any atom is -0.328 e. The number of benzene rings is 1. The lowest BCUT2D eigenvalue weighted by Gasteiger charge is -2.33. The SMILES string of the molecule is Cc1cc(Br)ccc1NC(=O)CN(C)C1CCC(N)CC1. The van der Waals surface area contributed by atoms with Crippen LogP contribution in [0, 0.1) is 6.92 Å². The van der Waals surface area contributed by atoms with Gasteiger partial charge >= 0.3 is 0 Å². The van der Waals surface area contributed by atoms with Crippen molar-refractivity contribution in [1.82, 2.24) is 4.90 Å². The molecule has 0 unspecified atom stereocenters. The first-order valence-electron chi connectivity index (χ1n) is 7.47. The predicted octanol–water partition coefficient (Wildman–Crippen LogP) is 2.90. The summed E-state index contributed by atoms with van der Waals surface area (Å²) in [6.07, 6.45) is 4.29. The number of likely N-dealkylation sites (N-methyl/N-ethyl adjacent to an activating group) is 1. The number of anilines is 1. The summed E-state index contributed by atoms with van der Waals surface area (Å²) >= 11 is 3.43. The van der Waals surface area contributed by atoms with E-state index in [0.717, 1.165) is 41.4 Å². The molecule has 1 aromatic rings. The Morgan fingerprint density at radius 2 is 2.05 bits per heavy atom. The molecule has 0 spiro atoms. The molecule has 0 atom stereocenters. The van der Waals surface area contributed by atoms with Crippen LogP contribution in [0.1, 0.15) is 31.2 Å². The fourth-order valence-electron chi connectivity index (χ4n) is 2.86. The normalized spacial score (nSPS) is 22.3. The molecule has 3 N–H and O–H groups in total. The molecule has 0 aliphatic heterocycles. The van der Waals surface area contributed by atoms with Crippen LogP contribution in [0.25, 0.3) is 0 Å². The maximum absolute atomic E-state index is 12.2. The number of aryl methyl sites for hydroxylation is 1. The van der Waals surface area contributed by atoms with Crippen molar-refractivity contribution in [3.05, 3.63) is 28.2 Å². The smallest absolute Gasteiger partial charge is 0.238 e. The highest BCUT2D eigenvalue weighted by Crippen LogP contribution is 2.22. The maximum atomic E-state index is 12.2. The summed E-state index contributed by atoms with van der Waals surface area (Å²) in [6.45, 7) is 2.42. The van der Waals surface area contributed by atoms with Crippen molar-refractivity contribution >= 4 is 27.5 Å². The van der Waals surface area contributed by atoms with E-state index in [-0.39, 0.29) is 5.91 Å². The van der Waals surface area contributed by atoms with Crippen molar-refractivity contribution in [3.63, 3.8) is 0 Å². The van der Waals surface area contributed by atoms with Gasteiger partial charge in [0.1, 0.15) is 0 Å². The lowest BCUT2D eigenvalue weighted by molar-refractivity contribution is -0.117. The fraction of sp³-hybridized carbons (Fsp3) is 0.562. The van der Waals surface area contributed by atoms with Crippen molar-refractivity contribution in [1.29, 1.82) is 0 Å². The van der Waals surface area contributed by atoms with Gasteiger partial charge < -0.3 is 11.1 Å². The summed E-state index contributed by atoms with van der Waals surface area (Å²) in [5.74, 6) is 0.0396. The van der Waals surface area contributed by atoms with Crippen molar-refractivity contribution in [2.45, 2.75) is 44.7 Å². The number of halogens is 1. The van der Waals surface area contributed by atoms with Crippen molar-refractivity contribution < 1.29 is 4.79 Å². The maximum Gasteiger partial charge on any atom is 0.238 e. The molecule has 0 saturated heterocycles. The highest BCUT2D eigenvalue weighted by molar-refractivity contribution is 9.10. The second-order valence-electron chi connectivity index (χ2n) is 5.99. The molecule has 1 aromatic carbocycles. The molecule has 21 heavy (non-hydrogen) atoms. The van der Waals surface area contributed by atoms with E-state index >= 15 is 0 Å². The average Bonchev–Trinajstić information content (AvgIpc) is 2.42. The summed E-state index contributed by atoms with van der Waals surface area (Å²) in [6, 6.07) is 6.68. The lowest BCUT2D eigenvalue weighted by Crippen LogP contribution is -2.42. The third-order valence-electron chi connectivity index (χ3n) is 4.22. The van der Waals surface area contributed by atoms with Gasteiger partial charge in [-0.15, -0.1) is 0 Å². The minimum atomic E-state index is 0.0396. The standard InChI is InChI=1S/C16H24BrN3O/c1-11-9-12(17)3-8-15(11)19-16(21)10-20(2)14-6-4-13(18)5-7-14/h3,8-9,13-14H,4-7,10,18H2,1-2H3,(H,19,21). The monoisotopic (exact) mass is 353 g/mol. The second-order valence-corrected chi connectivity index (χ2v) is 6.91. The van der Waals surface area contributed by atoms with Crippen LogP contribution in [0.2, 0.25) is 0 Å². The van der Waals surface area contributed by atoms with E-state index in [4.69, 9.17) is 5.73 Å². The summed E-state index contributed by atoms with van der Waals surface area (Å²) in [5.41, 5.74) is 7.86. The third kappa shape index (κ3) is 4.80. The number of hydrogen-bond donors (Lipinski definition) is 2. The van der Waals surface area contributed by atoms with Gasteiger partial charge in [0.05, 0.1) is 6.54 Å². The number of hydrogen-bond acceptors (Lipinski definition) is 3. The molecule has 0 bridgehead atoms. The number of carbonyl (C=O) groups excluding carboxylic acids is 1. The van der Waals surface area contributed by atoms with Crippen molar-refractivity contribution in [3.8, 4) is 0 Å². The zero-order valence-corrected chi connectivity index (χ0v) is 14.3. The molecule has 5 heteroatoms. The Morgan fingerprint density at radius 1 is 1.38 bits per heavy atom. The van der Waals surface area contributed by atoms with Gasteiger partial charge in [0.25, 0.3) is 0 Å². The van der Waals surface area contributed by atoms with Crippen molar-refractivity contribution in [2.24, 2.45) is 5.73 Å². The number of nitrogens with two attached hydrogens (primary N) is 1. The molecule has 1 amide bonds. The third-order valence-corrected chi connectivity index (χ3v) is 4.71. The van der Waals surface area contributed by atoms with Crippen LogP contribution in [0.15, 0.2) is 22.7 Å². The second kappa shape index (κ2) is 7.38. The Bertz CT molecular complexity index is 498. The molecule has 2 rings (SSSR count). The van der Waals surface area contributed by atoms with Crippen LogP contribution in [-0.2, 0) is 4.79 Å². The van der Waals surface area contributed by atoms with Gasteiger partial charge in [0.2, 0.25) is 5.91 Å². The molecular weight excluding hydrogens is 330 g/mol. The van der Waals surface area contributed by atoms with E-state index in [1.807, 2.05) is 32.2 Å². The largest absolute Gasteiger partial charge is 0.328 e.